The Labute approximate surface area is 168 Å². The molecule has 0 aromatic heterocycles. The minimum atomic E-state index is -0.892. The average molecular weight is 404 g/mol. The van der Waals surface area contributed by atoms with Crippen LogP contribution in [0.2, 0.25) is 10.0 Å². The zero-order valence-corrected chi connectivity index (χ0v) is 16.5. The number of nitrogens with zero attached hydrogens (tertiary/aromatic N) is 1. The largest absolute Gasteiger partial charge is 0.449 e. The van der Waals surface area contributed by atoms with Crippen LogP contribution < -0.4 is 4.90 Å². The van der Waals surface area contributed by atoms with E-state index in [2.05, 4.69) is 0 Å². The molecule has 1 aliphatic rings. The lowest BCUT2D eigenvalue weighted by Gasteiger charge is -2.25. The van der Waals surface area contributed by atoms with E-state index < -0.39 is 12.1 Å². The first-order valence-electron chi connectivity index (χ1n) is 8.61. The summed E-state index contributed by atoms with van der Waals surface area (Å²) in [4.78, 5) is 26.6. The van der Waals surface area contributed by atoms with Crippen LogP contribution in [-0.2, 0) is 20.7 Å². The third kappa shape index (κ3) is 4.34. The van der Waals surface area contributed by atoms with Gasteiger partial charge in [-0.15, -0.1) is 0 Å². The van der Waals surface area contributed by atoms with Gasteiger partial charge in [-0.25, -0.2) is 4.79 Å². The average Bonchev–Trinajstić information content (AvgIpc) is 2.96. The lowest BCUT2D eigenvalue weighted by atomic mass is 10.1. The number of anilines is 1. The van der Waals surface area contributed by atoms with Gasteiger partial charge >= 0.3 is 5.97 Å². The summed E-state index contributed by atoms with van der Waals surface area (Å²) in [7, 11) is 0. The number of esters is 1. The Hall–Kier alpha value is -2.30. The van der Waals surface area contributed by atoms with Crippen LogP contribution in [0.25, 0.3) is 6.08 Å². The second-order valence-corrected chi connectivity index (χ2v) is 7.31. The number of carbonyl (C=O) groups excluding carboxylic acids is 2. The quantitative estimate of drug-likeness (QED) is 0.537. The van der Waals surface area contributed by atoms with Crippen LogP contribution in [0, 0.1) is 0 Å². The first-order chi connectivity index (χ1) is 12.9. The number of amides is 1. The molecule has 0 spiro atoms. The minimum absolute atomic E-state index is 0.0273. The number of ether oxygens (including phenoxy) is 1. The van der Waals surface area contributed by atoms with Crippen molar-refractivity contribution in [1.82, 2.24) is 0 Å². The molecular formula is C21H19Cl2NO3. The van der Waals surface area contributed by atoms with E-state index in [-0.39, 0.29) is 11.9 Å². The van der Waals surface area contributed by atoms with Crippen LogP contribution >= 0.6 is 23.2 Å². The number of para-hydroxylation sites is 1. The zero-order valence-electron chi connectivity index (χ0n) is 15.0. The standard InChI is InChI=1S/C21H19Cl2NO3/c1-13-11-16-5-3-4-6-19(16)24(13)21(26)14(2)27-20(25)10-8-15-7-9-17(22)12-18(15)23/h3-10,12-14H,11H2,1-2H3/b10-8+/t13-,14+/m1/s1. The normalized spacial score (nSPS) is 17.0. The molecule has 0 saturated carbocycles. The molecule has 0 saturated heterocycles. The van der Waals surface area contributed by atoms with Crippen molar-refractivity contribution in [1.29, 1.82) is 0 Å². The fraction of sp³-hybridized carbons (Fsp3) is 0.238. The van der Waals surface area contributed by atoms with Gasteiger partial charge in [0.2, 0.25) is 0 Å². The van der Waals surface area contributed by atoms with Gasteiger partial charge in [0.05, 0.1) is 0 Å². The van der Waals surface area contributed by atoms with Crippen LogP contribution in [0.1, 0.15) is 25.0 Å². The SMILES string of the molecule is C[C@H](OC(=O)/C=C/c1ccc(Cl)cc1Cl)C(=O)N1c2ccccc2C[C@H]1C. The molecule has 27 heavy (non-hydrogen) atoms. The second-order valence-electron chi connectivity index (χ2n) is 6.47. The van der Waals surface area contributed by atoms with Crippen molar-refractivity contribution in [3.63, 3.8) is 0 Å². The number of rotatable bonds is 4. The molecule has 0 N–H and O–H groups in total. The van der Waals surface area contributed by atoms with Gasteiger partial charge in [-0.05, 0) is 55.7 Å². The number of benzene rings is 2. The minimum Gasteiger partial charge on any atom is -0.449 e. The maximum absolute atomic E-state index is 12.8. The molecule has 0 fully saturated rings. The van der Waals surface area contributed by atoms with E-state index >= 15 is 0 Å². The summed E-state index contributed by atoms with van der Waals surface area (Å²) in [5.41, 5.74) is 2.63. The summed E-state index contributed by atoms with van der Waals surface area (Å²) < 4.78 is 5.29. The highest BCUT2D eigenvalue weighted by atomic mass is 35.5. The molecule has 2 aromatic carbocycles. The summed E-state index contributed by atoms with van der Waals surface area (Å²) in [6, 6.07) is 12.8. The molecule has 4 nitrogen and oxygen atoms in total. The van der Waals surface area contributed by atoms with Crippen molar-refractivity contribution < 1.29 is 14.3 Å². The number of hydrogen-bond acceptors (Lipinski definition) is 3. The van der Waals surface area contributed by atoms with Crippen molar-refractivity contribution in [3.05, 3.63) is 69.7 Å². The third-order valence-corrected chi connectivity index (χ3v) is 5.01. The molecule has 0 radical (unpaired) electrons. The number of fused-ring (bicyclic) bond motifs is 1. The highest BCUT2D eigenvalue weighted by Gasteiger charge is 2.34. The third-order valence-electron chi connectivity index (χ3n) is 4.45. The van der Waals surface area contributed by atoms with Crippen molar-refractivity contribution >= 4 is 46.8 Å². The van der Waals surface area contributed by atoms with E-state index in [4.69, 9.17) is 27.9 Å². The molecule has 3 rings (SSSR count). The topological polar surface area (TPSA) is 46.6 Å². The summed E-state index contributed by atoms with van der Waals surface area (Å²) in [5.74, 6) is -0.847. The van der Waals surface area contributed by atoms with E-state index in [0.29, 0.717) is 15.6 Å². The predicted molar refractivity (Wildman–Crippen MR) is 108 cm³/mol. The molecular weight excluding hydrogens is 385 g/mol. The molecule has 0 bridgehead atoms. The van der Waals surface area contributed by atoms with E-state index in [1.165, 1.54) is 12.2 Å². The molecule has 0 unspecified atom stereocenters. The van der Waals surface area contributed by atoms with E-state index in [1.54, 1.807) is 30.0 Å². The van der Waals surface area contributed by atoms with Crippen LogP contribution in [0.4, 0.5) is 5.69 Å². The predicted octanol–water partition coefficient (Wildman–Crippen LogP) is 4.92. The summed E-state index contributed by atoms with van der Waals surface area (Å²) in [5, 5.41) is 0.942. The van der Waals surface area contributed by atoms with Crippen LogP contribution in [0.5, 0.6) is 0 Å². The fourth-order valence-electron chi connectivity index (χ4n) is 3.16. The molecule has 1 amide bonds. The molecule has 0 aliphatic carbocycles. The Kier molecular flexibility index (Phi) is 5.88. The van der Waals surface area contributed by atoms with Gasteiger partial charge in [-0.1, -0.05) is 47.5 Å². The molecule has 1 aliphatic heterocycles. The van der Waals surface area contributed by atoms with Crippen LogP contribution in [-0.4, -0.2) is 24.0 Å². The van der Waals surface area contributed by atoms with Crippen molar-refractivity contribution in [2.75, 3.05) is 4.90 Å². The van der Waals surface area contributed by atoms with Crippen LogP contribution in [0.3, 0.4) is 0 Å². The summed E-state index contributed by atoms with van der Waals surface area (Å²) in [6.45, 7) is 3.56. The Balaban J connectivity index is 1.66. The Morgan fingerprint density at radius 2 is 1.96 bits per heavy atom. The summed E-state index contributed by atoms with van der Waals surface area (Å²) >= 11 is 11.9. The number of carbonyl (C=O) groups is 2. The van der Waals surface area contributed by atoms with Crippen molar-refractivity contribution in [2.45, 2.75) is 32.4 Å². The first-order valence-corrected chi connectivity index (χ1v) is 9.37. The monoisotopic (exact) mass is 403 g/mol. The van der Waals surface area contributed by atoms with Gasteiger partial charge in [-0.2, -0.15) is 0 Å². The van der Waals surface area contributed by atoms with Crippen molar-refractivity contribution in [3.8, 4) is 0 Å². The maximum Gasteiger partial charge on any atom is 0.331 e. The second kappa shape index (κ2) is 8.15. The molecule has 140 valence electrons. The smallest absolute Gasteiger partial charge is 0.331 e. The molecule has 6 heteroatoms. The lowest BCUT2D eigenvalue weighted by molar-refractivity contribution is -0.149. The molecule has 2 atom stereocenters. The maximum atomic E-state index is 12.8. The Morgan fingerprint density at radius 1 is 1.22 bits per heavy atom. The van der Waals surface area contributed by atoms with Gasteiger partial charge in [0.15, 0.2) is 6.10 Å². The van der Waals surface area contributed by atoms with Crippen LogP contribution in [0.15, 0.2) is 48.5 Å². The highest BCUT2D eigenvalue weighted by Crippen LogP contribution is 2.32. The number of hydrogen-bond donors (Lipinski definition) is 0. The number of halogens is 2. The Morgan fingerprint density at radius 3 is 2.70 bits per heavy atom. The molecule has 2 aromatic rings. The van der Waals surface area contributed by atoms with Gasteiger partial charge in [0.1, 0.15) is 0 Å². The van der Waals surface area contributed by atoms with Gasteiger partial charge in [0, 0.05) is 27.9 Å². The van der Waals surface area contributed by atoms with Gasteiger partial charge in [0.25, 0.3) is 5.91 Å². The first kappa shape index (κ1) is 19.5. The Bertz CT molecular complexity index is 910. The highest BCUT2D eigenvalue weighted by molar-refractivity contribution is 6.35. The summed E-state index contributed by atoms with van der Waals surface area (Å²) in [6.07, 6.45) is 2.68. The zero-order chi connectivity index (χ0) is 19.6. The lowest BCUT2D eigenvalue weighted by Crippen LogP contribution is -2.43. The molecule has 1 heterocycles. The fourth-order valence-corrected chi connectivity index (χ4v) is 3.63. The van der Waals surface area contributed by atoms with Gasteiger partial charge < -0.3 is 9.64 Å². The van der Waals surface area contributed by atoms with E-state index in [0.717, 1.165) is 17.7 Å². The van der Waals surface area contributed by atoms with Gasteiger partial charge in [-0.3, -0.25) is 4.79 Å². The van der Waals surface area contributed by atoms with E-state index in [1.807, 2.05) is 31.2 Å². The van der Waals surface area contributed by atoms with E-state index in [9.17, 15) is 9.59 Å². The van der Waals surface area contributed by atoms with Crippen molar-refractivity contribution in [2.24, 2.45) is 0 Å².